The van der Waals surface area contributed by atoms with Gasteiger partial charge in [0, 0.05) is 93.5 Å². The molecule has 0 atom stereocenters. The lowest BCUT2D eigenvalue weighted by atomic mass is 9.95. The molecule has 0 bridgehead atoms. The number of carbonyl (C=O) groups is 2. The average molecular weight is 1010 g/mol. The molecule has 6 aromatic carbocycles. The van der Waals surface area contributed by atoms with E-state index in [0.717, 1.165) is 117 Å². The standard InChI is InChI=1S/C30H30FNO3S.C29H27F2NO3S/c1-19-4-10-25(20(2)14-19)29(34)30-28(26-11-7-23(33)15-27(26)36-30)22-5-8-24(9-6-22)35-13-3-12-32-17-21(16-31)18-32;1-18-3-6-21(31)13-25(18)28(34)29-27(24-10-7-22(33)14-26(24)36-29)20-4-8-23(9-5-20)35-12-2-11-32-16-19(15-30)17-32/h4-11,14-15,21,33H,3,12-13,16-18H2,1-2H3;3-10,13-14,19,33H,2,11-12,15-17H2,1H3. The largest absolute Gasteiger partial charge is 0.508 e. The number of aromatic hydroxyl groups is 2. The highest BCUT2D eigenvalue weighted by Crippen LogP contribution is 2.44. The van der Waals surface area contributed by atoms with E-state index in [1.807, 2.05) is 86.6 Å². The van der Waals surface area contributed by atoms with Crippen LogP contribution in [0.5, 0.6) is 23.0 Å². The molecule has 0 radical (unpaired) electrons. The number of ketones is 2. The van der Waals surface area contributed by atoms with Crippen molar-refractivity contribution in [2.75, 3.05) is 65.8 Å². The van der Waals surface area contributed by atoms with Crippen molar-refractivity contribution in [2.45, 2.75) is 33.6 Å². The highest BCUT2D eigenvalue weighted by atomic mass is 32.1. The number of nitrogens with zero attached hydrogens (tertiary/aromatic N) is 2. The van der Waals surface area contributed by atoms with Gasteiger partial charge in [-0.05, 0) is 129 Å². The second-order valence-electron chi connectivity index (χ2n) is 18.9. The van der Waals surface area contributed by atoms with Crippen molar-refractivity contribution >= 4 is 54.4 Å². The number of carbonyl (C=O) groups excluding carboxylic acids is 2. The van der Waals surface area contributed by atoms with Crippen molar-refractivity contribution in [1.29, 1.82) is 0 Å². The second kappa shape index (κ2) is 22.5. The predicted octanol–water partition coefficient (Wildman–Crippen LogP) is 13.4. The van der Waals surface area contributed by atoms with E-state index >= 15 is 0 Å². The van der Waals surface area contributed by atoms with Crippen LogP contribution in [0.2, 0.25) is 0 Å². The van der Waals surface area contributed by atoms with E-state index in [1.165, 1.54) is 34.8 Å². The van der Waals surface area contributed by atoms with Crippen molar-refractivity contribution < 1.29 is 42.4 Å². The van der Waals surface area contributed by atoms with Crippen LogP contribution in [-0.2, 0) is 0 Å². The van der Waals surface area contributed by atoms with Crippen LogP contribution in [-0.4, -0.2) is 97.4 Å². The molecule has 8 nitrogen and oxygen atoms in total. The molecule has 2 aliphatic heterocycles. The smallest absolute Gasteiger partial charge is 0.203 e. The molecule has 0 unspecified atom stereocenters. The summed E-state index contributed by atoms with van der Waals surface area (Å²) in [5, 5.41) is 21.8. The van der Waals surface area contributed by atoms with Crippen LogP contribution < -0.4 is 9.47 Å². The number of hydrogen-bond donors (Lipinski definition) is 2. The first-order valence-electron chi connectivity index (χ1n) is 24.3. The first-order chi connectivity index (χ1) is 34.8. The Labute approximate surface area is 425 Å². The summed E-state index contributed by atoms with van der Waals surface area (Å²) in [6, 6.07) is 35.9. The number of ether oxygens (including phenoxy) is 2. The molecule has 0 amide bonds. The summed E-state index contributed by atoms with van der Waals surface area (Å²) in [5.74, 6) is 1.51. The summed E-state index contributed by atoms with van der Waals surface area (Å²) in [5.41, 5.74) is 7.21. The van der Waals surface area contributed by atoms with Gasteiger partial charge in [-0.1, -0.05) is 54.1 Å². The monoisotopic (exact) mass is 1010 g/mol. The summed E-state index contributed by atoms with van der Waals surface area (Å²) in [7, 11) is 0. The zero-order valence-corrected chi connectivity index (χ0v) is 42.2. The fraction of sp³-hybridized carbons (Fsp3) is 0.288. The Hall–Kier alpha value is -6.51. The molecule has 13 heteroatoms. The molecule has 72 heavy (non-hydrogen) atoms. The Balaban J connectivity index is 0.000000178. The topological polar surface area (TPSA) is 99.5 Å². The lowest BCUT2D eigenvalue weighted by Gasteiger charge is -2.37. The Morgan fingerprint density at radius 3 is 1.50 bits per heavy atom. The molecule has 0 aliphatic carbocycles. The molecular weight excluding hydrogens is 954 g/mol. The third-order valence-corrected chi connectivity index (χ3v) is 15.7. The first-order valence-corrected chi connectivity index (χ1v) is 26.0. The van der Waals surface area contributed by atoms with E-state index in [0.29, 0.717) is 39.7 Å². The van der Waals surface area contributed by atoms with Gasteiger partial charge >= 0.3 is 0 Å². The number of rotatable bonds is 18. The zero-order chi connectivity index (χ0) is 50.5. The van der Waals surface area contributed by atoms with Gasteiger partial charge in [0.25, 0.3) is 0 Å². The third-order valence-electron chi connectivity index (χ3n) is 13.4. The molecule has 0 spiro atoms. The molecule has 2 aliphatic rings. The lowest BCUT2D eigenvalue weighted by Crippen LogP contribution is -2.48. The molecule has 2 aromatic heterocycles. The van der Waals surface area contributed by atoms with Crippen molar-refractivity contribution in [2.24, 2.45) is 11.8 Å². The van der Waals surface area contributed by atoms with E-state index in [4.69, 9.17) is 9.47 Å². The van der Waals surface area contributed by atoms with Crippen molar-refractivity contribution in [1.82, 2.24) is 9.80 Å². The molecule has 2 N–H and O–H groups in total. The normalized spacial score (nSPS) is 14.2. The highest BCUT2D eigenvalue weighted by molar-refractivity contribution is 7.22. The molecule has 4 heterocycles. The van der Waals surface area contributed by atoms with Crippen LogP contribution >= 0.6 is 22.7 Å². The number of thiophene rings is 2. The van der Waals surface area contributed by atoms with Crippen LogP contribution in [0.3, 0.4) is 0 Å². The summed E-state index contributed by atoms with van der Waals surface area (Å²) in [6.07, 6.45) is 1.76. The number of hydrogen-bond acceptors (Lipinski definition) is 10. The summed E-state index contributed by atoms with van der Waals surface area (Å²) >= 11 is 2.71. The van der Waals surface area contributed by atoms with Crippen molar-refractivity contribution in [3.05, 3.63) is 165 Å². The fourth-order valence-electron chi connectivity index (χ4n) is 9.52. The van der Waals surface area contributed by atoms with Crippen LogP contribution in [0.4, 0.5) is 13.2 Å². The maximum atomic E-state index is 14.0. The average Bonchev–Trinajstić information content (AvgIpc) is 3.92. The fourth-order valence-corrected chi connectivity index (χ4v) is 11.9. The number of aryl methyl sites for hydroxylation is 3. The Kier molecular flexibility index (Phi) is 15.8. The predicted molar refractivity (Wildman–Crippen MR) is 284 cm³/mol. The van der Waals surface area contributed by atoms with E-state index in [-0.39, 0.29) is 48.3 Å². The van der Waals surface area contributed by atoms with Gasteiger partial charge in [0.1, 0.15) is 28.8 Å². The van der Waals surface area contributed by atoms with Gasteiger partial charge in [-0.15, -0.1) is 22.7 Å². The van der Waals surface area contributed by atoms with Gasteiger partial charge in [0.05, 0.1) is 36.3 Å². The van der Waals surface area contributed by atoms with Crippen LogP contribution in [0.1, 0.15) is 60.0 Å². The lowest BCUT2D eigenvalue weighted by molar-refractivity contribution is 0.0755. The Morgan fingerprint density at radius 1 is 0.569 bits per heavy atom. The van der Waals surface area contributed by atoms with Gasteiger partial charge in [0.2, 0.25) is 11.6 Å². The third kappa shape index (κ3) is 11.4. The minimum atomic E-state index is -0.456. The summed E-state index contributed by atoms with van der Waals surface area (Å²) in [4.78, 5) is 32.9. The Bertz CT molecular complexity index is 3210. The van der Waals surface area contributed by atoms with Gasteiger partial charge < -0.3 is 29.5 Å². The van der Waals surface area contributed by atoms with Gasteiger partial charge in [-0.3, -0.25) is 18.4 Å². The molecule has 2 saturated heterocycles. The summed E-state index contributed by atoms with van der Waals surface area (Å²) < 4.78 is 52.6. The Morgan fingerprint density at radius 2 is 1.04 bits per heavy atom. The molecule has 372 valence electrons. The molecule has 2 fully saturated rings. The zero-order valence-electron chi connectivity index (χ0n) is 40.6. The van der Waals surface area contributed by atoms with Crippen LogP contribution in [0.15, 0.2) is 121 Å². The maximum Gasteiger partial charge on any atom is 0.203 e. The van der Waals surface area contributed by atoms with Crippen LogP contribution in [0.25, 0.3) is 42.4 Å². The van der Waals surface area contributed by atoms with E-state index < -0.39 is 5.82 Å². The second-order valence-corrected chi connectivity index (χ2v) is 21.0. The molecule has 10 rings (SSSR count). The molecule has 0 saturated carbocycles. The molecular formula is C59H57F3N2O6S2. The summed E-state index contributed by atoms with van der Waals surface area (Å²) in [6.45, 7) is 11.7. The molecule has 8 aromatic rings. The van der Waals surface area contributed by atoms with Crippen LogP contribution in [0, 0.1) is 38.4 Å². The van der Waals surface area contributed by atoms with Gasteiger partial charge in [0.15, 0.2) is 0 Å². The van der Waals surface area contributed by atoms with Gasteiger partial charge in [-0.2, -0.15) is 0 Å². The number of phenolic OH excluding ortho intramolecular Hbond substituents is 2. The number of benzene rings is 6. The highest BCUT2D eigenvalue weighted by Gasteiger charge is 2.28. The maximum absolute atomic E-state index is 14.0. The van der Waals surface area contributed by atoms with E-state index in [1.54, 1.807) is 43.3 Å². The minimum Gasteiger partial charge on any atom is -0.508 e. The number of fused-ring (bicyclic) bond motifs is 2. The van der Waals surface area contributed by atoms with Crippen molar-refractivity contribution in [3.63, 3.8) is 0 Å². The number of alkyl halides is 2. The van der Waals surface area contributed by atoms with E-state index in [2.05, 4.69) is 9.80 Å². The number of halogens is 3. The van der Waals surface area contributed by atoms with E-state index in [9.17, 15) is 33.0 Å². The quantitative estimate of drug-likeness (QED) is 0.0648. The SMILES string of the molecule is Cc1ccc(C(=O)c2sc3cc(O)ccc3c2-c2ccc(OCCCN3CC(CF)C3)cc2)c(C)c1.Cc1ccc(F)cc1C(=O)c1sc2cc(O)ccc2c1-c1ccc(OCCCN2CC(CF)C2)cc1. The number of phenols is 2. The minimum absolute atomic E-state index is 0.00971. The van der Waals surface area contributed by atoms with Gasteiger partial charge in [-0.25, -0.2) is 4.39 Å². The van der Waals surface area contributed by atoms with Crippen molar-refractivity contribution in [3.8, 4) is 45.3 Å². The number of likely N-dealkylation sites (tertiary alicyclic amines) is 2. The first kappa shape index (κ1) is 50.4.